The number of hydrogen-bond donors (Lipinski definition) is 2. The standard InChI is InChI=1S/C7H7NO4/c1-12-6-3-8-4(7(10)11)2-5(6)9/h2-3H,1H3,(H,8,9)(H,10,11). The second-order valence-electron chi connectivity index (χ2n) is 2.08. The first-order chi connectivity index (χ1) is 5.65. The largest absolute Gasteiger partial charge is 0.491 e. The number of rotatable bonds is 2. The number of aromatic nitrogens is 1. The number of carboxylic acid groups (broad SMARTS) is 1. The molecular weight excluding hydrogens is 162 g/mol. The Kier molecular flexibility index (Phi) is 2.14. The van der Waals surface area contributed by atoms with Crippen LogP contribution in [0, 0.1) is 0 Å². The molecule has 2 N–H and O–H groups in total. The smallest absolute Gasteiger partial charge is 0.352 e. The zero-order valence-corrected chi connectivity index (χ0v) is 6.33. The van der Waals surface area contributed by atoms with Gasteiger partial charge in [-0.05, 0) is 0 Å². The van der Waals surface area contributed by atoms with Gasteiger partial charge in [0.1, 0.15) is 5.69 Å². The van der Waals surface area contributed by atoms with Gasteiger partial charge < -0.3 is 14.8 Å². The summed E-state index contributed by atoms with van der Waals surface area (Å²) >= 11 is 0. The summed E-state index contributed by atoms with van der Waals surface area (Å²) in [4.78, 5) is 23.7. The van der Waals surface area contributed by atoms with Crippen LogP contribution in [0.1, 0.15) is 10.5 Å². The van der Waals surface area contributed by atoms with Gasteiger partial charge >= 0.3 is 5.97 Å². The third-order valence-electron chi connectivity index (χ3n) is 1.33. The van der Waals surface area contributed by atoms with Crippen LogP contribution < -0.4 is 10.2 Å². The SMILES string of the molecule is COc1c[nH]c(C(=O)O)cc1=O. The Morgan fingerprint density at radius 1 is 1.67 bits per heavy atom. The molecule has 0 aromatic carbocycles. The van der Waals surface area contributed by atoms with Gasteiger partial charge in [-0.25, -0.2) is 4.79 Å². The van der Waals surface area contributed by atoms with Crippen molar-refractivity contribution in [1.29, 1.82) is 0 Å². The zero-order chi connectivity index (χ0) is 9.14. The lowest BCUT2D eigenvalue weighted by Crippen LogP contribution is -2.10. The molecule has 64 valence electrons. The molecule has 0 aliphatic carbocycles. The number of H-pyrrole nitrogens is 1. The number of hydrogen-bond acceptors (Lipinski definition) is 3. The molecule has 0 saturated heterocycles. The summed E-state index contributed by atoms with van der Waals surface area (Å²) in [5.74, 6) is -1.07. The van der Waals surface area contributed by atoms with E-state index in [4.69, 9.17) is 5.11 Å². The highest BCUT2D eigenvalue weighted by Gasteiger charge is 2.05. The average molecular weight is 169 g/mol. The molecule has 1 aromatic heterocycles. The molecule has 0 spiro atoms. The van der Waals surface area contributed by atoms with E-state index in [1.165, 1.54) is 13.3 Å². The molecule has 1 aromatic rings. The van der Waals surface area contributed by atoms with E-state index in [2.05, 4.69) is 9.72 Å². The van der Waals surface area contributed by atoms with Crippen molar-refractivity contribution >= 4 is 5.97 Å². The molecule has 12 heavy (non-hydrogen) atoms. The number of pyridine rings is 1. The topological polar surface area (TPSA) is 79.4 Å². The van der Waals surface area contributed by atoms with Gasteiger partial charge in [0.05, 0.1) is 7.11 Å². The van der Waals surface area contributed by atoms with Gasteiger partial charge in [0.15, 0.2) is 5.75 Å². The van der Waals surface area contributed by atoms with Crippen LogP contribution in [0.5, 0.6) is 5.75 Å². The van der Waals surface area contributed by atoms with Gasteiger partial charge in [-0.1, -0.05) is 0 Å². The Morgan fingerprint density at radius 2 is 2.33 bits per heavy atom. The Balaban J connectivity index is 3.19. The Bertz CT molecular complexity index is 355. The Morgan fingerprint density at radius 3 is 2.75 bits per heavy atom. The van der Waals surface area contributed by atoms with Crippen molar-refractivity contribution in [1.82, 2.24) is 4.98 Å². The number of carbonyl (C=O) groups is 1. The van der Waals surface area contributed by atoms with Crippen LogP contribution in [-0.2, 0) is 0 Å². The molecule has 0 amide bonds. The highest BCUT2D eigenvalue weighted by Crippen LogP contribution is 1.99. The van der Waals surface area contributed by atoms with E-state index in [-0.39, 0.29) is 11.4 Å². The number of aromatic carboxylic acids is 1. The lowest BCUT2D eigenvalue weighted by Gasteiger charge is -1.98. The van der Waals surface area contributed by atoms with Gasteiger partial charge in [-0.3, -0.25) is 4.79 Å². The Labute approximate surface area is 67.6 Å². The van der Waals surface area contributed by atoms with Crippen LogP contribution in [0.4, 0.5) is 0 Å². The van der Waals surface area contributed by atoms with Gasteiger partial charge in [-0.2, -0.15) is 0 Å². The van der Waals surface area contributed by atoms with Crippen LogP contribution in [-0.4, -0.2) is 23.2 Å². The van der Waals surface area contributed by atoms with Crippen molar-refractivity contribution in [2.24, 2.45) is 0 Å². The number of nitrogens with one attached hydrogen (secondary N) is 1. The summed E-state index contributed by atoms with van der Waals surface area (Å²) in [5.41, 5.74) is -0.602. The summed E-state index contributed by atoms with van der Waals surface area (Å²) in [6.45, 7) is 0. The molecule has 0 aliphatic heterocycles. The third-order valence-corrected chi connectivity index (χ3v) is 1.33. The second-order valence-corrected chi connectivity index (χ2v) is 2.08. The maximum atomic E-state index is 11.0. The number of methoxy groups -OCH3 is 1. The first-order valence-corrected chi connectivity index (χ1v) is 3.15. The summed E-state index contributed by atoms with van der Waals surface area (Å²) < 4.78 is 4.64. The van der Waals surface area contributed by atoms with Gasteiger partial charge in [0.25, 0.3) is 0 Å². The first-order valence-electron chi connectivity index (χ1n) is 3.15. The molecule has 0 fully saturated rings. The molecular formula is C7H7NO4. The van der Waals surface area contributed by atoms with E-state index in [1.54, 1.807) is 0 Å². The van der Waals surface area contributed by atoms with E-state index < -0.39 is 11.4 Å². The molecule has 0 bridgehead atoms. The van der Waals surface area contributed by atoms with E-state index in [9.17, 15) is 9.59 Å². The molecule has 1 rings (SSSR count). The van der Waals surface area contributed by atoms with Crippen LogP contribution in [0.15, 0.2) is 17.1 Å². The molecule has 0 aliphatic rings. The van der Waals surface area contributed by atoms with Crippen molar-refractivity contribution in [3.05, 3.63) is 28.2 Å². The Hall–Kier alpha value is -1.78. The maximum Gasteiger partial charge on any atom is 0.352 e. The molecule has 1 heterocycles. The predicted octanol–water partition coefficient (Wildman–Crippen LogP) is 0.0817. The fourth-order valence-corrected chi connectivity index (χ4v) is 0.741. The van der Waals surface area contributed by atoms with Crippen LogP contribution in [0.3, 0.4) is 0 Å². The van der Waals surface area contributed by atoms with Crippen LogP contribution >= 0.6 is 0 Å². The second kappa shape index (κ2) is 3.08. The number of aromatic amines is 1. The normalized spacial score (nSPS) is 9.42. The van der Waals surface area contributed by atoms with Gasteiger partial charge in [0.2, 0.25) is 5.43 Å². The van der Waals surface area contributed by atoms with E-state index in [0.717, 1.165) is 6.07 Å². The van der Waals surface area contributed by atoms with Crippen molar-refractivity contribution in [3.8, 4) is 5.75 Å². The monoisotopic (exact) mass is 169 g/mol. The van der Waals surface area contributed by atoms with Crippen LogP contribution in [0.2, 0.25) is 0 Å². The minimum absolute atomic E-state index is 0.0972. The lowest BCUT2D eigenvalue weighted by atomic mass is 10.3. The number of ether oxygens (including phenoxy) is 1. The predicted molar refractivity (Wildman–Crippen MR) is 40.6 cm³/mol. The zero-order valence-electron chi connectivity index (χ0n) is 6.33. The molecule has 0 saturated carbocycles. The highest BCUT2D eigenvalue weighted by atomic mass is 16.5. The summed E-state index contributed by atoms with van der Waals surface area (Å²) in [6, 6.07) is 0.973. The van der Waals surface area contributed by atoms with Gasteiger partial charge in [0, 0.05) is 12.3 Å². The van der Waals surface area contributed by atoms with Gasteiger partial charge in [-0.15, -0.1) is 0 Å². The highest BCUT2D eigenvalue weighted by molar-refractivity contribution is 5.85. The van der Waals surface area contributed by atoms with E-state index in [0.29, 0.717) is 0 Å². The minimum Gasteiger partial charge on any atom is -0.491 e. The maximum absolute atomic E-state index is 11.0. The lowest BCUT2D eigenvalue weighted by molar-refractivity contribution is 0.0690. The number of carboxylic acids is 1. The summed E-state index contributed by atoms with van der Waals surface area (Å²) in [7, 11) is 1.34. The molecule has 0 atom stereocenters. The average Bonchev–Trinajstić information content (AvgIpc) is 2.04. The van der Waals surface area contributed by atoms with Crippen molar-refractivity contribution < 1.29 is 14.6 Å². The van der Waals surface area contributed by atoms with E-state index >= 15 is 0 Å². The quantitative estimate of drug-likeness (QED) is 0.657. The minimum atomic E-state index is -1.17. The van der Waals surface area contributed by atoms with Crippen molar-refractivity contribution in [3.63, 3.8) is 0 Å². The van der Waals surface area contributed by atoms with E-state index in [1.807, 2.05) is 0 Å². The molecule has 0 unspecified atom stereocenters. The van der Waals surface area contributed by atoms with Crippen molar-refractivity contribution in [2.75, 3.05) is 7.11 Å². The summed E-state index contributed by atoms with van der Waals surface area (Å²) in [5, 5.41) is 8.46. The fraction of sp³-hybridized carbons (Fsp3) is 0.143. The molecule has 5 heteroatoms. The van der Waals surface area contributed by atoms with Crippen molar-refractivity contribution in [2.45, 2.75) is 0 Å². The molecule has 0 radical (unpaired) electrons. The molecule has 5 nitrogen and oxygen atoms in total. The third kappa shape index (κ3) is 1.45. The summed E-state index contributed by atoms with van der Waals surface area (Å²) in [6.07, 6.45) is 1.21. The fourth-order valence-electron chi connectivity index (χ4n) is 0.741. The first kappa shape index (κ1) is 8.32. The van der Waals surface area contributed by atoms with Crippen LogP contribution in [0.25, 0.3) is 0 Å².